The molecular weight excluding hydrogens is 243 g/mol. The molecule has 0 unspecified atom stereocenters. The lowest BCUT2D eigenvalue weighted by Crippen LogP contribution is -2.39. The minimum Gasteiger partial charge on any atom is -0.0844 e. The quantitative estimate of drug-likeness (QED) is 0.679. The molecule has 0 N–H and O–H groups in total. The predicted octanol–water partition coefficient (Wildman–Crippen LogP) is 4.66. The van der Waals surface area contributed by atoms with E-state index in [2.05, 4.69) is 33.5 Å². The summed E-state index contributed by atoms with van der Waals surface area (Å²) in [6.45, 7) is 11.1. The van der Waals surface area contributed by atoms with Crippen LogP contribution in [0.2, 0.25) is 29.7 Å². The van der Waals surface area contributed by atoms with Crippen LogP contribution in [0.1, 0.15) is 25.3 Å². The molecule has 1 aromatic carbocycles. The van der Waals surface area contributed by atoms with Crippen LogP contribution in [0.25, 0.3) is 0 Å². The Labute approximate surface area is 104 Å². The maximum absolute atomic E-state index is 6.44. The summed E-state index contributed by atoms with van der Waals surface area (Å²) in [4.78, 5) is 0. The summed E-state index contributed by atoms with van der Waals surface area (Å²) in [5, 5.41) is 2.90. The van der Waals surface area contributed by atoms with Crippen LogP contribution in [0.5, 0.6) is 0 Å². The van der Waals surface area contributed by atoms with Crippen LogP contribution >= 0.6 is 23.2 Å². The standard InChI is InChI=1S/C12H18Cl2Si/c1-8(2)9-6-7-10(13)12(11(9)14)15(3,4)5/h6-8H,1-5H3. The van der Waals surface area contributed by atoms with Gasteiger partial charge in [-0.15, -0.1) is 0 Å². The van der Waals surface area contributed by atoms with E-state index in [-0.39, 0.29) is 0 Å². The van der Waals surface area contributed by atoms with Gasteiger partial charge in [-0.1, -0.05) is 62.8 Å². The molecule has 0 aliphatic carbocycles. The van der Waals surface area contributed by atoms with Gasteiger partial charge in [0.2, 0.25) is 0 Å². The van der Waals surface area contributed by atoms with Crippen molar-refractivity contribution in [3.05, 3.63) is 27.7 Å². The first-order valence-corrected chi connectivity index (χ1v) is 9.49. The van der Waals surface area contributed by atoms with Gasteiger partial charge >= 0.3 is 0 Å². The number of benzene rings is 1. The Bertz CT molecular complexity index is 365. The smallest absolute Gasteiger partial charge is 0.0815 e. The highest BCUT2D eigenvalue weighted by Gasteiger charge is 2.25. The monoisotopic (exact) mass is 260 g/mol. The van der Waals surface area contributed by atoms with Gasteiger partial charge < -0.3 is 0 Å². The van der Waals surface area contributed by atoms with E-state index in [4.69, 9.17) is 23.2 Å². The first-order valence-electron chi connectivity index (χ1n) is 5.23. The first-order chi connectivity index (χ1) is 6.75. The maximum atomic E-state index is 6.44. The molecule has 0 heterocycles. The zero-order valence-electron chi connectivity index (χ0n) is 9.99. The minimum atomic E-state index is -1.46. The molecule has 0 aromatic heterocycles. The second-order valence-corrected chi connectivity index (χ2v) is 11.0. The Kier molecular flexibility index (Phi) is 3.91. The van der Waals surface area contributed by atoms with Crippen molar-refractivity contribution in [2.45, 2.75) is 39.4 Å². The van der Waals surface area contributed by atoms with E-state index in [1.165, 1.54) is 10.8 Å². The van der Waals surface area contributed by atoms with E-state index in [1.54, 1.807) is 0 Å². The average Bonchev–Trinajstić information content (AvgIpc) is 2.00. The summed E-state index contributed by atoms with van der Waals surface area (Å²) >= 11 is 12.7. The van der Waals surface area contributed by atoms with E-state index in [9.17, 15) is 0 Å². The second-order valence-electron chi connectivity index (χ2n) is 5.23. The fourth-order valence-electron chi connectivity index (χ4n) is 1.70. The summed E-state index contributed by atoms with van der Waals surface area (Å²) in [6, 6.07) is 4.02. The van der Waals surface area contributed by atoms with Crippen molar-refractivity contribution in [2.75, 3.05) is 0 Å². The van der Waals surface area contributed by atoms with E-state index < -0.39 is 8.07 Å². The minimum absolute atomic E-state index is 0.449. The van der Waals surface area contributed by atoms with E-state index in [1.807, 2.05) is 12.1 Å². The number of halogens is 2. The Hall–Kier alpha value is 0.0169. The zero-order chi connectivity index (χ0) is 11.8. The van der Waals surface area contributed by atoms with Gasteiger partial charge in [0.1, 0.15) is 0 Å². The molecule has 15 heavy (non-hydrogen) atoms. The SMILES string of the molecule is CC(C)c1ccc(Cl)c([Si](C)(C)C)c1Cl. The third kappa shape index (κ3) is 2.77. The number of hydrogen-bond acceptors (Lipinski definition) is 0. The van der Waals surface area contributed by atoms with Crippen LogP contribution in [0.3, 0.4) is 0 Å². The van der Waals surface area contributed by atoms with E-state index in [0.717, 1.165) is 10.0 Å². The van der Waals surface area contributed by atoms with Gasteiger partial charge in [0, 0.05) is 10.0 Å². The van der Waals surface area contributed by atoms with Crippen LogP contribution in [0.4, 0.5) is 0 Å². The van der Waals surface area contributed by atoms with Gasteiger partial charge in [-0.25, -0.2) is 0 Å². The van der Waals surface area contributed by atoms with E-state index in [0.29, 0.717) is 5.92 Å². The summed E-state index contributed by atoms with van der Waals surface area (Å²) in [5.41, 5.74) is 1.21. The van der Waals surface area contributed by atoms with Gasteiger partial charge in [0.05, 0.1) is 8.07 Å². The van der Waals surface area contributed by atoms with Gasteiger partial charge in [-0.3, -0.25) is 0 Å². The molecule has 0 aliphatic rings. The van der Waals surface area contributed by atoms with Crippen LogP contribution in [-0.4, -0.2) is 8.07 Å². The third-order valence-electron chi connectivity index (χ3n) is 2.49. The molecule has 0 aliphatic heterocycles. The third-order valence-corrected chi connectivity index (χ3v) is 5.55. The van der Waals surface area contributed by atoms with Crippen molar-refractivity contribution in [2.24, 2.45) is 0 Å². The Morgan fingerprint density at radius 2 is 1.60 bits per heavy atom. The summed E-state index contributed by atoms with van der Waals surface area (Å²) < 4.78 is 0. The maximum Gasteiger partial charge on any atom is 0.0815 e. The zero-order valence-corrected chi connectivity index (χ0v) is 12.5. The second kappa shape index (κ2) is 4.48. The van der Waals surface area contributed by atoms with E-state index >= 15 is 0 Å². The number of rotatable bonds is 2. The fourth-order valence-corrected chi connectivity index (χ4v) is 5.59. The molecule has 84 valence electrons. The topological polar surface area (TPSA) is 0 Å². The fraction of sp³-hybridized carbons (Fsp3) is 0.500. The highest BCUT2D eigenvalue weighted by Crippen LogP contribution is 2.28. The lowest BCUT2D eigenvalue weighted by atomic mass is 10.0. The Morgan fingerprint density at radius 3 is 2.00 bits per heavy atom. The molecule has 0 amide bonds. The molecule has 0 saturated heterocycles. The van der Waals surface area contributed by atoms with Gasteiger partial charge in [0.25, 0.3) is 0 Å². The van der Waals surface area contributed by atoms with Crippen LogP contribution in [-0.2, 0) is 0 Å². The van der Waals surface area contributed by atoms with Crippen LogP contribution in [0, 0.1) is 0 Å². The average molecular weight is 261 g/mol. The van der Waals surface area contributed by atoms with Gasteiger partial charge in [0.15, 0.2) is 0 Å². The Balaban J connectivity index is 3.44. The van der Waals surface area contributed by atoms with Crippen molar-refractivity contribution >= 4 is 36.5 Å². The largest absolute Gasteiger partial charge is 0.0844 e. The van der Waals surface area contributed by atoms with Crippen molar-refractivity contribution in [1.82, 2.24) is 0 Å². The van der Waals surface area contributed by atoms with Gasteiger partial charge in [-0.2, -0.15) is 0 Å². The van der Waals surface area contributed by atoms with Crippen molar-refractivity contribution in [1.29, 1.82) is 0 Å². The number of hydrogen-bond donors (Lipinski definition) is 0. The van der Waals surface area contributed by atoms with Crippen molar-refractivity contribution in [3.8, 4) is 0 Å². The lowest BCUT2D eigenvalue weighted by molar-refractivity contribution is 0.868. The molecule has 3 heteroatoms. The van der Waals surface area contributed by atoms with Crippen LogP contribution in [0.15, 0.2) is 12.1 Å². The van der Waals surface area contributed by atoms with Gasteiger partial charge in [-0.05, 0) is 22.7 Å². The normalized spacial score (nSPS) is 12.3. The first kappa shape index (κ1) is 13.1. The molecule has 0 saturated carbocycles. The molecule has 0 bridgehead atoms. The summed E-state index contributed by atoms with van der Waals surface area (Å²) in [7, 11) is -1.46. The predicted molar refractivity (Wildman–Crippen MR) is 73.5 cm³/mol. The van der Waals surface area contributed by atoms with Crippen molar-refractivity contribution in [3.63, 3.8) is 0 Å². The molecule has 1 aromatic rings. The molecule has 1 rings (SSSR count). The summed E-state index contributed by atoms with van der Waals surface area (Å²) in [6.07, 6.45) is 0. The molecule has 0 nitrogen and oxygen atoms in total. The highest BCUT2D eigenvalue weighted by atomic mass is 35.5. The lowest BCUT2D eigenvalue weighted by Gasteiger charge is -2.23. The van der Waals surface area contributed by atoms with Crippen LogP contribution < -0.4 is 5.19 Å². The molecule has 0 radical (unpaired) electrons. The summed E-state index contributed by atoms with van der Waals surface area (Å²) in [5.74, 6) is 0.449. The molecule has 0 fully saturated rings. The Morgan fingerprint density at radius 1 is 1.07 bits per heavy atom. The van der Waals surface area contributed by atoms with Crippen molar-refractivity contribution < 1.29 is 0 Å². The molecular formula is C12H18Cl2Si. The molecule has 0 atom stereocenters. The molecule has 0 spiro atoms. The highest BCUT2D eigenvalue weighted by molar-refractivity contribution is 6.91.